The van der Waals surface area contributed by atoms with Crippen molar-refractivity contribution in [2.45, 2.75) is 25.1 Å². The smallest absolute Gasteiger partial charge is 0.368 e. The molecule has 0 saturated heterocycles. The van der Waals surface area contributed by atoms with Gasteiger partial charge in [-0.15, -0.1) is 0 Å². The third-order valence-corrected chi connectivity index (χ3v) is 5.38. The highest BCUT2D eigenvalue weighted by Crippen LogP contribution is 2.42. The molecule has 2 aromatic rings. The summed E-state index contributed by atoms with van der Waals surface area (Å²) in [6.45, 7) is 0. The number of benzene rings is 2. The molecule has 0 aromatic heterocycles. The van der Waals surface area contributed by atoms with E-state index in [2.05, 4.69) is 15.9 Å². The van der Waals surface area contributed by atoms with Crippen molar-refractivity contribution in [2.75, 3.05) is 11.9 Å². The standard InChI is InChI=1S/C17H14BrClF3N/c1-23(10-5-7-15(19)13(9-10)17(20,21)22)16-8-6-11-12(16)3-2-4-14(11)18/h2-5,7,9,16H,6,8H2,1H3. The normalized spacial score (nSPS) is 17.2. The molecule has 2 aromatic carbocycles. The lowest BCUT2D eigenvalue weighted by Gasteiger charge is -2.28. The zero-order chi connectivity index (χ0) is 16.8. The predicted octanol–water partition coefficient (Wildman–Crippen LogP) is 6.25. The summed E-state index contributed by atoms with van der Waals surface area (Å²) < 4.78 is 40.2. The maximum absolute atomic E-state index is 13.1. The van der Waals surface area contributed by atoms with Gasteiger partial charge >= 0.3 is 6.18 Å². The van der Waals surface area contributed by atoms with Crippen LogP contribution in [-0.4, -0.2) is 7.05 Å². The minimum atomic E-state index is -4.45. The molecule has 1 aliphatic rings. The molecule has 6 heteroatoms. The summed E-state index contributed by atoms with van der Waals surface area (Å²) in [7, 11) is 1.82. The monoisotopic (exact) mass is 403 g/mol. The maximum Gasteiger partial charge on any atom is 0.417 e. The Bertz CT molecular complexity index is 745. The van der Waals surface area contributed by atoms with E-state index in [0.29, 0.717) is 5.69 Å². The average molecular weight is 405 g/mol. The van der Waals surface area contributed by atoms with Crippen molar-refractivity contribution >= 4 is 33.2 Å². The number of anilines is 1. The summed E-state index contributed by atoms with van der Waals surface area (Å²) in [5, 5.41) is -0.274. The van der Waals surface area contributed by atoms with Crippen molar-refractivity contribution in [1.29, 1.82) is 0 Å². The molecule has 1 nitrogen and oxygen atoms in total. The lowest BCUT2D eigenvalue weighted by molar-refractivity contribution is -0.137. The summed E-state index contributed by atoms with van der Waals surface area (Å²) in [4.78, 5) is 1.89. The van der Waals surface area contributed by atoms with Gasteiger partial charge in [-0.1, -0.05) is 39.7 Å². The molecule has 0 aliphatic heterocycles. The van der Waals surface area contributed by atoms with Gasteiger partial charge in [0.25, 0.3) is 0 Å². The van der Waals surface area contributed by atoms with Crippen molar-refractivity contribution in [3.63, 3.8) is 0 Å². The molecular formula is C17H14BrClF3N. The molecule has 0 spiro atoms. The number of fused-ring (bicyclic) bond motifs is 1. The van der Waals surface area contributed by atoms with Gasteiger partial charge in [0.05, 0.1) is 16.6 Å². The third kappa shape index (κ3) is 3.09. The summed E-state index contributed by atoms with van der Waals surface area (Å²) in [6.07, 6.45) is -2.67. The molecule has 0 amide bonds. The van der Waals surface area contributed by atoms with Crippen LogP contribution in [0.4, 0.5) is 18.9 Å². The van der Waals surface area contributed by atoms with Gasteiger partial charge in [-0.3, -0.25) is 0 Å². The Hall–Kier alpha value is -1.20. The van der Waals surface area contributed by atoms with Crippen molar-refractivity contribution in [3.8, 4) is 0 Å². The van der Waals surface area contributed by atoms with E-state index in [0.717, 1.165) is 28.9 Å². The number of nitrogens with zero attached hydrogens (tertiary/aromatic N) is 1. The first-order valence-electron chi connectivity index (χ1n) is 7.16. The van der Waals surface area contributed by atoms with Crippen LogP contribution in [0.3, 0.4) is 0 Å². The Labute approximate surface area is 146 Å². The van der Waals surface area contributed by atoms with Gasteiger partial charge in [0.2, 0.25) is 0 Å². The van der Waals surface area contributed by atoms with Crippen molar-refractivity contribution in [2.24, 2.45) is 0 Å². The zero-order valence-corrected chi connectivity index (χ0v) is 14.6. The fourth-order valence-electron chi connectivity index (χ4n) is 3.12. The number of alkyl halides is 3. The van der Waals surface area contributed by atoms with E-state index in [1.54, 1.807) is 6.07 Å². The Morgan fingerprint density at radius 3 is 2.65 bits per heavy atom. The topological polar surface area (TPSA) is 3.24 Å². The van der Waals surface area contributed by atoms with Crippen LogP contribution in [0.1, 0.15) is 29.2 Å². The fraction of sp³-hybridized carbons (Fsp3) is 0.294. The predicted molar refractivity (Wildman–Crippen MR) is 90.1 cm³/mol. The number of hydrogen-bond donors (Lipinski definition) is 0. The second-order valence-electron chi connectivity index (χ2n) is 5.63. The van der Waals surface area contributed by atoms with Gasteiger partial charge in [0.15, 0.2) is 0 Å². The minimum absolute atomic E-state index is 0.0600. The Kier molecular flexibility index (Phi) is 4.36. The lowest BCUT2D eigenvalue weighted by Crippen LogP contribution is -2.22. The lowest BCUT2D eigenvalue weighted by atomic mass is 10.1. The van der Waals surface area contributed by atoms with E-state index in [1.807, 2.05) is 30.1 Å². The van der Waals surface area contributed by atoms with Crippen LogP contribution in [0.15, 0.2) is 40.9 Å². The summed E-state index contributed by atoms with van der Waals surface area (Å²) >= 11 is 9.25. The van der Waals surface area contributed by atoms with Crippen LogP contribution in [0, 0.1) is 0 Å². The van der Waals surface area contributed by atoms with Crippen LogP contribution in [0.5, 0.6) is 0 Å². The SMILES string of the molecule is CN(c1ccc(Cl)c(C(F)(F)F)c1)C1CCc2c(Br)cccc21. The quantitative estimate of drug-likeness (QED) is 0.572. The van der Waals surface area contributed by atoms with Gasteiger partial charge in [0.1, 0.15) is 0 Å². The molecule has 0 heterocycles. The van der Waals surface area contributed by atoms with E-state index >= 15 is 0 Å². The van der Waals surface area contributed by atoms with E-state index in [1.165, 1.54) is 11.6 Å². The van der Waals surface area contributed by atoms with E-state index in [4.69, 9.17) is 11.6 Å². The Morgan fingerprint density at radius 2 is 1.96 bits per heavy atom. The number of halogens is 5. The highest BCUT2D eigenvalue weighted by atomic mass is 79.9. The van der Waals surface area contributed by atoms with Crippen LogP contribution < -0.4 is 4.90 Å². The fourth-order valence-corrected chi connectivity index (χ4v) is 3.92. The summed E-state index contributed by atoms with van der Waals surface area (Å²) in [6, 6.07) is 10.1. The first kappa shape index (κ1) is 16.7. The molecular weight excluding hydrogens is 391 g/mol. The first-order chi connectivity index (χ1) is 10.8. The molecule has 0 bridgehead atoms. The van der Waals surface area contributed by atoms with Crippen LogP contribution >= 0.6 is 27.5 Å². The van der Waals surface area contributed by atoms with Gasteiger partial charge in [-0.25, -0.2) is 0 Å². The molecule has 122 valence electrons. The number of rotatable bonds is 2. The molecule has 1 atom stereocenters. The Morgan fingerprint density at radius 1 is 1.22 bits per heavy atom. The maximum atomic E-state index is 13.1. The van der Waals surface area contributed by atoms with Gasteiger partial charge in [0, 0.05) is 17.2 Å². The van der Waals surface area contributed by atoms with Crippen LogP contribution in [-0.2, 0) is 12.6 Å². The van der Waals surface area contributed by atoms with Crippen molar-refractivity contribution in [1.82, 2.24) is 0 Å². The first-order valence-corrected chi connectivity index (χ1v) is 8.33. The van der Waals surface area contributed by atoms with E-state index in [-0.39, 0.29) is 11.1 Å². The minimum Gasteiger partial charge on any atom is -0.368 e. The summed E-state index contributed by atoms with van der Waals surface area (Å²) in [5.41, 5.74) is 2.11. The Balaban J connectivity index is 1.97. The van der Waals surface area contributed by atoms with Crippen LogP contribution in [0.25, 0.3) is 0 Å². The molecule has 23 heavy (non-hydrogen) atoms. The second-order valence-corrected chi connectivity index (χ2v) is 6.90. The van der Waals surface area contributed by atoms with E-state index < -0.39 is 11.7 Å². The molecule has 1 aliphatic carbocycles. The largest absolute Gasteiger partial charge is 0.417 e. The summed E-state index contributed by atoms with van der Waals surface area (Å²) in [5.74, 6) is 0. The average Bonchev–Trinajstić information content (AvgIpc) is 2.91. The molecule has 0 N–H and O–H groups in total. The highest BCUT2D eigenvalue weighted by molar-refractivity contribution is 9.10. The van der Waals surface area contributed by atoms with Gasteiger partial charge in [-0.2, -0.15) is 13.2 Å². The second kappa shape index (κ2) is 6.02. The van der Waals surface area contributed by atoms with Gasteiger partial charge < -0.3 is 4.90 Å². The number of hydrogen-bond acceptors (Lipinski definition) is 1. The molecule has 1 unspecified atom stereocenters. The van der Waals surface area contributed by atoms with Crippen LogP contribution in [0.2, 0.25) is 5.02 Å². The zero-order valence-electron chi connectivity index (χ0n) is 12.3. The molecule has 0 saturated carbocycles. The third-order valence-electron chi connectivity index (χ3n) is 4.31. The van der Waals surface area contributed by atoms with Crippen molar-refractivity contribution < 1.29 is 13.2 Å². The molecule has 3 rings (SSSR count). The molecule has 0 fully saturated rings. The van der Waals surface area contributed by atoms with Gasteiger partial charge in [-0.05, 0) is 48.2 Å². The molecule has 0 radical (unpaired) electrons. The highest BCUT2D eigenvalue weighted by Gasteiger charge is 2.34. The van der Waals surface area contributed by atoms with Crippen molar-refractivity contribution in [3.05, 3.63) is 62.6 Å². The van der Waals surface area contributed by atoms with E-state index in [9.17, 15) is 13.2 Å².